The second-order valence-electron chi connectivity index (χ2n) is 5.19. The molecule has 0 aliphatic heterocycles. The first kappa shape index (κ1) is 22.0. The van der Waals surface area contributed by atoms with Crippen LogP contribution in [0.25, 0.3) is 10.4 Å². The van der Waals surface area contributed by atoms with E-state index in [0.717, 1.165) is 4.90 Å². The number of carbonyl (C=O) groups is 4. The summed E-state index contributed by atoms with van der Waals surface area (Å²) < 4.78 is 0. The van der Waals surface area contributed by atoms with Gasteiger partial charge in [0.25, 0.3) is 0 Å². The molecule has 0 aromatic heterocycles. The number of nitrogens with one attached hydrogen (secondary N) is 1. The molecule has 0 bridgehead atoms. The molecule has 0 aliphatic carbocycles. The van der Waals surface area contributed by atoms with Crippen molar-refractivity contribution in [3.63, 3.8) is 0 Å². The van der Waals surface area contributed by atoms with Gasteiger partial charge in [0.2, 0.25) is 0 Å². The van der Waals surface area contributed by atoms with E-state index in [-0.39, 0.29) is 19.4 Å². The van der Waals surface area contributed by atoms with Gasteiger partial charge in [-0.05, 0) is 24.8 Å². The quantitative estimate of drug-likeness (QED) is 0.172. The number of aliphatic carboxylic acids is 3. The van der Waals surface area contributed by atoms with Gasteiger partial charge in [-0.2, -0.15) is 0 Å². The minimum Gasteiger partial charge on any atom is -0.481 e. The summed E-state index contributed by atoms with van der Waals surface area (Å²) in [4.78, 5) is 48.4. The topological polar surface area (TPSA) is 193 Å². The van der Waals surface area contributed by atoms with Gasteiger partial charge in [0.05, 0.1) is 0 Å². The molecule has 140 valence electrons. The molecule has 0 radical (unpaired) electrons. The molecule has 0 aromatic carbocycles. The van der Waals surface area contributed by atoms with Crippen LogP contribution >= 0.6 is 0 Å². The van der Waals surface area contributed by atoms with Gasteiger partial charge in [0, 0.05) is 24.9 Å². The van der Waals surface area contributed by atoms with E-state index < -0.39 is 42.4 Å². The molecule has 0 rings (SSSR count). The van der Waals surface area contributed by atoms with Crippen LogP contribution in [0.1, 0.15) is 32.1 Å². The van der Waals surface area contributed by atoms with Crippen molar-refractivity contribution in [3.8, 4) is 0 Å². The number of azide groups is 1. The van der Waals surface area contributed by atoms with Gasteiger partial charge in [-0.25, -0.2) is 14.4 Å². The van der Waals surface area contributed by atoms with Crippen LogP contribution in [0.5, 0.6) is 0 Å². The lowest BCUT2D eigenvalue weighted by atomic mass is 10.1. The van der Waals surface area contributed by atoms with Gasteiger partial charge >= 0.3 is 23.9 Å². The number of carboxylic acids is 3. The van der Waals surface area contributed by atoms with Gasteiger partial charge in [0.15, 0.2) is 0 Å². The maximum Gasteiger partial charge on any atom is 0.326 e. The summed E-state index contributed by atoms with van der Waals surface area (Å²) >= 11 is 0. The van der Waals surface area contributed by atoms with E-state index in [9.17, 15) is 24.3 Å². The van der Waals surface area contributed by atoms with Crippen LogP contribution < -0.4 is 5.32 Å². The van der Waals surface area contributed by atoms with Crippen molar-refractivity contribution >= 4 is 23.9 Å². The normalized spacial score (nSPS) is 12.4. The Morgan fingerprint density at radius 3 is 2.24 bits per heavy atom. The number of carbonyl (C=O) groups excluding carboxylic acids is 1. The third-order valence-corrected chi connectivity index (χ3v) is 3.36. The minimum atomic E-state index is -1.44. The summed E-state index contributed by atoms with van der Waals surface area (Å²) in [6, 6.07) is -3.56. The Morgan fingerprint density at radius 2 is 1.76 bits per heavy atom. The number of urea groups is 1. The van der Waals surface area contributed by atoms with Crippen LogP contribution in [-0.2, 0) is 14.4 Å². The molecule has 4 N–H and O–H groups in total. The van der Waals surface area contributed by atoms with Crippen molar-refractivity contribution in [1.29, 1.82) is 0 Å². The molecule has 0 fully saturated rings. The molecule has 2 atom stereocenters. The monoisotopic (exact) mass is 359 g/mol. The lowest BCUT2D eigenvalue weighted by Crippen LogP contribution is -2.51. The molecule has 0 saturated heterocycles. The summed E-state index contributed by atoms with van der Waals surface area (Å²) in [5.74, 6) is -3.89. The second kappa shape index (κ2) is 11.5. The lowest BCUT2D eigenvalue weighted by molar-refractivity contribution is -0.142. The van der Waals surface area contributed by atoms with E-state index in [4.69, 9.17) is 15.7 Å². The third kappa shape index (κ3) is 9.01. The van der Waals surface area contributed by atoms with Crippen LogP contribution in [0.15, 0.2) is 5.11 Å². The van der Waals surface area contributed by atoms with Crippen LogP contribution in [0, 0.1) is 0 Å². The zero-order chi connectivity index (χ0) is 19.4. The van der Waals surface area contributed by atoms with Gasteiger partial charge in [-0.3, -0.25) is 4.79 Å². The smallest absolute Gasteiger partial charge is 0.326 e. The molecular weight excluding hydrogens is 338 g/mol. The number of nitrogens with zero attached hydrogens (tertiary/aromatic N) is 4. The van der Waals surface area contributed by atoms with Crippen LogP contribution in [0.3, 0.4) is 0 Å². The fourth-order valence-corrected chi connectivity index (χ4v) is 1.97. The average molecular weight is 359 g/mol. The SMILES string of the molecule is CN(C(=O)NC(CCC(=O)O)C(=O)O)[C@@H](CCCCN=[N+]=[N-])C(=O)O. The average Bonchev–Trinajstić information content (AvgIpc) is 2.53. The molecule has 0 aliphatic rings. The van der Waals surface area contributed by atoms with Gasteiger partial charge < -0.3 is 25.5 Å². The molecule has 1 unspecified atom stereocenters. The van der Waals surface area contributed by atoms with Crippen molar-refractivity contribution < 1.29 is 34.5 Å². The van der Waals surface area contributed by atoms with Crippen LogP contribution in [0.2, 0.25) is 0 Å². The number of amides is 2. The largest absolute Gasteiger partial charge is 0.481 e. The highest BCUT2D eigenvalue weighted by molar-refractivity contribution is 5.86. The van der Waals surface area contributed by atoms with E-state index in [0.29, 0.717) is 12.8 Å². The number of carboxylic acid groups (broad SMARTS) is 3. The fourth-order valence-electron chi connectivity index (χ4n) is 1.97. The Bertz CT molecular complexity index is 547. The van der Waals surface area contributed by atoms with Crippen molar-refractivity contribution in [2.45, 2.75) is 44.2 Å². The zero-order valence-electron chi connectivity index (χ0n) is 13.7. The number of hydrogen-bond donors (Lipinski definition) is 4. The van der Waals surface area contributed by atoms with Crippen molar-refractivity contribution in [3.05, 3.63) is 10.4 Å². The summed E-state index contributed by atoms with van der Waals surface area (Å²) in [6.45, 7) is 0.203. The Kier molecular flexibility index (Phi) is 10.1. The number of hydrogen-bond acceptors (Lipinski definition) is 5. The third-order valence-electron chi connectivity index (χ3n) is 3.36. The minimum absolute atomic E-state index is 0.0903. The van der Waals surface area contributed by atoms with Crippen LogP contribution in [-0.4, -0.2) is 69.8 Å². The highest BCUT2D eigenvalue weighted by Crippen LogP contribution is 2.09. The number of rotatable bonds is 12. The molecule has 0 spiro atoms. The summed E-state index contributed by atoms with van der Waals surface area (Å²) in [7, 11) is 1.21. The molecular formula is C13H21N5O7. The highest BCUT2D eigenvalue weighted by atomic mass is 16.4. The van der Waals surface area contributed by atoms with E-state index >= 15 is 0 Å². The molecule has 12 heteroatoms. The maximum atomic E-state index is 12.1. The molecule has 0 heterocycles. The van der Waals surface area contributed by atoms with Crippen molar-refractivity contribution in [1.82, 2.24) is 10.2 Å². The van der Waals surface area contributed by atoms with Gasteiger partial charge in [-0.1, -0.05) is 11.5 Å². The Morgan fingerprint density at radius 1 is 1.12 bits per heavy atom. The predicted molar refractivity (Wildman–Crippen MR) is 83.9 cm³/mol. The predicted octanol–water partition coefficient (Wildman–Crippen LogP) is 0.880. The molecule has 2 amide bonds. The first-order chi connectivity index (χ1) is 11.7. The fraction of sp³-hybridized carbons (Fsp3) is 0.692. The molecule has 0 aromatic rings. The van der Waals surface area contributed by atoms with Crippen molar-refractivity contribution in [2.24, 2.45) is 5.11 Å². The number of unbranched alkanes of at least 4 members (excludes halogenated alkanes) is 1. The lowest BCUT2D eigenvalue weighted by Gasteiger charge is -2.26. The van der Waals surface area contributed by atoms with E-state index in [1.54, 1.807) is 0 Å². The highest BCUT2D eigenvalue weighted by Gasteiger charge is 2.29. The summed E-state index contributed by atoms with van der Waals surface area (Å²) in [5.41, 5.74) is 8.15. The van der Waals surface area contributed by atoms with E-state index in [2.05, 4.69) is 15.3 Å². The maximum absolute atomic E-state index is 12.1. The second-order valence-corrected chi connectivity index (χ2v) is 5.19. The summed E-state index contributed by atoms with van der Waals surface area (Å²) in [5, 5.41) is 32.2. The Hall–Kier alpha value is -3.01. The van der Waals surface area contributed by atoms with E-state index in [1.165, 1.54) is 7.05 Å². The van der Waals surface area contributed by atoms with Gasteiger partial charge in [0.1, 0.15) is 12.1 Å². The van der Waals surface area contributed by atoms with Crippen LogP contribution in [0.4, 0.5) is 4.79 Å². The van der Waals surface area contributed by atoms with Gasteiger partial charge in [-0.15, -0.1) is 0 Å². The van der Waals surface area contributed by atoms with Crippen molar-refractivity contribution in [2.75, 3.05) is 13.6 Å². The standard InChI is InChI=1S/C13H21N5O7/c1-18(9(12(23)24)4-2-3-7-15-17-14)13(25)16-8(11(21)22)5-6-10(19)20/h8-9H,2-7H2,1H3,(H,16,25)(H,19,20)(H,21,22)(H,23,24)/t8?,9-/m0/s1. The Labute approximate surface area is 143 Å². The summed E-state index contributed by atoms with van der Waals surface area (Å²) in [6.07, 6.45) is 0.137. The molecule has 0 saturated carbocycles. The zero-order valence-corrected chi connectivity index (χ0v) is 13.7. The van der Waals surface area contributed by atoms with E-state index in [1.807, 2.05) is 0 Å². The molecule has 25 heavy (non-hydrogen) atoms. The first-order valence-electron chi connectivity index (χ1n) is 7.42. The number of likely N-dealkylation sites (N-methyl/N-ethyl adjacent to an activating group) is 1. The Balaban J connectivity index is 4.74. The molecule has 12 nitrogen and oxygen atoms in total. The first-order valence-corrected chi connectivity index (χ1v) is 7.42.